The molecule has 1 atom stereocenters. The predicted octanol–water partition coefficient (Wildman–Crippen LogP) is 6.35. The number of benzene rings is 2. The summed E-state index contributed by atoms with van der Waals surface area (Å²) in [6.07, 6.45) is 0.831. The Labute approximate surface area is 136 Å². The Kier molecular flexibility index (Phi) is 5.10. The highest BCUT2D eigenvalue weighted by Gasteiger charge is 2.13. The molecule has 0 heterocycles. The third-order valence-corrected chi connectivity index (χ3v) is 4.89. The molecule has 0 saturated heterocycles. The van der Waals surface area contributed by atoms with Gasteiger partial charge in [0, 0.05) is 8.95 Å². The second-order valence-corrected chi connectivity index (χ2v) is 7.05. The summed E-state index contributed by atoms with van der Waals surface area (Å²) in [5.41, 5.74) is 5.03. The minimum Gasteiger partial charge on any atom is -0.117 e. The van der Waals surface area contributed by atoms with E-state index < -0.39 is 0 Å². The maximum absolute atomic E-state index is 6.56. The molecule has 19 heavy (non-hydrogen) atoms. The lowest BCUT2D eigenvalue weighted by molar-refractivity contribution is 0.911. The second kappa shape index (κ2) is 6.43. The minimum absolute atomic E-state index is 0.0334. The van der Waals surface area contributed by atoms with Crippen molar-refractivity contribution in [2.75, 3.05) is 0 Å². The average Bonchev–Trinajstić information content (AvgIpc) is 2.36. The highest BCUT2D eigenvalue weighted by atomic mass is 79.9. The average molecular weight is 403 g/mol. The number of alkyl halides is 1. The van der Waals surface area contributed by atoms with Gasteiger partial charge in [0.1, 0.15) is 0 Å². The minimum atomic E-state index is -0.0334. The van der Waals surface area contributed by atoms with Gasteiger partial charge in [0.2, 0.25) is 0 Å². The first kappa shape index (κ1) is 15.1. The fraction of sp³-hybridized carbons (Fsp3) is 0.250. The second-order valence-electron chi connectivity index (χ2n) is 4.76. The zero-order valence-electron chi connectivity index (χ0n) is 10.9. The zero-order chi connectivity index (χ0) is 14.0. The predicted molar refractivity (Wildman–Crippen MR) is 90.1 cm³/mol. The Morgan fingerprint density at radius 2 is 1.74 bits per heavy atom. The quantitative estimate of drug-likeness (QED) is 0.525. The van der Waals surface area contributed by atoms with Crippen molar-refractivity contribution in [3.63, 3.8) is 0 Å². The van der Waals surface area contributed by atoms with Gasteiger partial charge in [-0.05, 0) is 60.7 Å². The van der Waals surface area contributed by atoms with Crippen LogP contribution in [-0.2, 0) is 6.42 Å². The van der Waals surface area contributed by atoms with Crippen molar-refractivity contribution in [2.24, 2.45) is 0 Å². The van der Waals surface area contributed by atoms with Crippen LogP contribution in [-0.4, -0.2) is 0 Å². The van der Waals surface area contributed by atoms with E-state index >= 15 is 0 Å². The van der Waals surface area contributed by atoms with E-state index in [0.29, 0.717) is 0 Å². The first-order valence-corrected chi connectivity index (χ1v) is 8.15. The van der Waals surface area contributed by atoms with Crippen LogP contribution >= 0.6 is 43.5 Å². The Balaban J connectivity index is 2.22. The van der Waals surface area contributed by atoms with E-state index in [2.05, 4.69) is 70.0 Å². The Morgan fingerprint density at radius 1 is 1.00 bits per heavy atom. The molecule has 0 fully saturated rings. The van der Waals surface area contributed by atoms with E-state index in [1.54, 1.807) is 0 Å². The number of rotatable bonds is 3. The Hall–Kier alpha value is -0.310. The van der Waals surface area contributed by atoms with Crippen LogP contribution in [0.25, 0.3) is 0 Å². The molecule has 2 aromatic carbocycles. The molecule has 2 aromatic rings. The van der Waals surface area contributed by atoms with Crippen LogP contribution in [0.3, 0.4) is 0 Å². The van der Waals surface area contributed by atoms with Crippen LogP contribution < -0.4 is 0 Å². The molecular weight excluding hydrogens is 387 g/mol. The summed E-state index contributed by atoms with van der Waals surface area (Å²) < 4.78 is 2.11. The largest absolute Gasteiger partial charge is 0.117 e. The number of aryl methyl sites for hydroxylation is 2. The first-order valence-electron chi connectivity index (χ1n) is 6.12. The van der Waals surface area contributed by atoms with Crippen LogP contribution in [0, 0.1) is 13.8 Å². The van der Waals surface area contributed by atoms with Crippen molar-refractivity contribution in [2.45, 2.75) is 25.6 Å². The molecule has 0 nitrogen and oxygen atoms in total. The smallest absolute Gasteiger partial charge is 0.0636 e. The van der Waals surface area contributed by atoms with Gasteiger partial charge in [0.25, 0.3) is 0 Å². The zero-order valence-corrected chi connectivity index (χ0v) is 14.8. The summed E-state index contributed by atoms with van der Waals surface area (Å²) in [4.78, 5) is 0. The Bertz CT molecular complexity index is 593. The number of halogens is 3. The molecule has 2 rings (SSSR count). The van der Waals surface area contributed by atoms with Gasteiger partial charge in [-0.25, -0.2) is 0 Å². The molecular formula is C16H15Br2Cl. The van der Waals surface area contributed by atoms with Crippen LogP contribution in [0.15, 0.2) is 45.3 Å². The highest BCUT2D eigenvalue weighted by Crippen LogP contribution is 2.33. The molecule has 1 unspecified atom stereocenters. The maximum atomic E-state index is 6.56. The molecule has 0 amide bonds. The van der Waals surface area contributed by atoms with Gasteiger partial charge in [-0.1, -0.05) is 50.1 Å². The molecule has 0 bridgehead atoms. The van der Waals surface area contributed by atoms with Gasteiger partial charge >= 0.3 is 0 Å². The van der Waals surface area contributed by atoms with Crippen molar-refractivity contribution in [3.8, 4) is 0 Å². The van der Waals surface area contributed by atoms with E-state index in [4.69, 9.17) is 11.6 Å². The topological polar surface area (TPSA) is 0 Å². The third-order valence-electron chi connectivity index (χ3n) is 3.28. The van der Waals surface area contributed by atoms with Crippen molar-refractivity contribution in [1.82, 2.24) is 0 Å². The number of hydrogen-bond acceptors (Lipinski definition) is 0. The molecule has 0 aliphatic heterocycles. The molecule has 0 spiro atoms. The van der Waals surface area contributed by atoms with Crippen molar-refractivity contribution in [1.29, 1.82) is 0 Å². The molecule has 0 aliphatic rings. The summed E-state index contributed by atoms with van der Waals surface area (Å²) in [6.45, 7) is 4.26. The van der Waals surface area contributed by atoms with Crippen LogP contribution in [0.1, 0.15) is 27.6 Å². The summed E-state index contributed by atoms with van der Waals surface area (Å²) in [5, 5.41) is -0.0334. The Morgan fingerprint density at radius 3 is 2.42 bits per heavy atom. The lowest BCUT2D eigenvalue weighted by atomic mass is 10.0. The van der Waals surface area contributed by atoms with Gasteiger partial charge in [-0.2, -0.15) is 0 Å². The van der Waals surface area contributed by atoms with Gasteiger partial charge in [0.15, 0.2) is 0 Å². The van der Waals surface area contributed by atoms with E-state index in [1.165, 1.54) is 16.7 Å². The standard InChI is InChI=1S/C16H15Br2Cl/c1-10-3-4-12(7-11(10)2)8-16(19)14-9-13(17)5-6-15(14)18/h3-7,9,16H,8H2,1-2H3. The molecule has 0 saturated carbocycles. The van der Waals surface area contributed by atoms with E-state index in [-0.39, 0.29) is 5.38 Å². The normalized spacial score (nSPS) is 12.5. The fourth-order valence-electron chi connectivity index (χ4n) is 2.00. The van der Waals surface area contributed by atoms with Crippen molar-refractivity contribution < 1.29 is 0 Å². The first-order chi connectivity index (χ1) is 8.97. The molecule has 3 heteroatoms. The lowest BCUT2D eigenvalue weighted by Gasteiger charge is -2.13. The van der Waals surface area contributed by atoms with Crippen molar-refractivity contribution >= 4 is 43.5 Å². The monoisotopic (exact) mass is 400 g/mol. The van der Waals surface area contributed by atoms with E-state index in [1.807, 2.05) is 12.1 Å². The van der Waals surface area contributed by atoms with E-state index in [9.17, 15) is 0 Å². The third kappa shape index (κ3) is 3.84. The van der Waals surface area contributed by atoms with Gasteiger partial charge < -0.3 is 0 Å². The number of hydrogen-bond donors (Lipinski definition) is 0. The van der Waals surface area contributed by atoms with Crippen LogP contribution in [0.5, 0.6) is 0 Å². The van der Waals surface area contributed by atoms with Crippen molar-refractivity contribution in [3.05, 3.63) is 67.6 Å². The van der Waals surface area contributed by atoms with Gasteiger partial charge in [-0.15, -0.1) is 11.6 Å². The van der Waals surface area contributed by atoms with Gasteiger partial charge in [0.05, 0.1) is 5.38 Å². The summed E-state index contributed by atoms with van der Waals surface area (Å²) in [7, 11) is 0. The fourth-order valence-corrected chi connectivity index (χ4v) is 3.39. The lowest BCUT2D eigenvalue weighted by Crippen LogP contribution is -1.98. The van der Waals surface area contributed by atoms with Gasteiger partial charge in [-0.3, -0.25) is 0 Å². The molecule has 0 N–H and O–H groups in total. The summed E-state index contributed by atoms with van der Waals surface area (Å²) >= 11 is 13.6. The highest BCUT2D eigenvalue weighted by molar-refractivity contribution is 9.11. The molecule has 0 aliphatic carbocycles. The van der Waals surface area contributed by atoms with E-state index in [0.717, 1.165) is 20.9 Å². The SMILES string of the molecule is Cc1ccc(CC(Cl)c2cc(Br)ccc2Br)cc1C. The molecule has 0 aromatic heterocycles. The summed E-state index contributed by atoms with van der Waals surface area (Å²) in [5.74, 6) is 0. The molecule has 100 valence electrons. The summed E-state index contributed by atoms with van der Waals surface area (Å²) in [6, 6.07) is 12.6. The molecule has 0 radical (unpaired) electrons. The van der Waals surface area contributed by atoms with Crippen LogP contribution in [0.2, 0.25) is 0 Å². The maximum Gasteiger partial charge on any atom is 0.0636 e. The van der Waals surface area contributed by atoms with Crippen LogP contribution in [0.4, 0.5) is 0 Å².